The lowest BCUT2D eigenvalue weighted by molar-refractivity contribution is 0.398. The molecule has 0 aliphatic carbocycles. The zero-order valence-corrected chi connectivity index (χ0v) is 15.3. The molecule has 0 aliphatic heterocycles. The highest BCUT2D eigenvalue weighted by molar-refractivity contribution is 14.1. The summed E-state index contributed by atoms with van der Waals surface area (Å²) in [4.78, 5) is 7.23. The summed E-state index contributed by atoms with van der Waals surface area (Å²) in [5, 5.41) is 0.670. The van der Waals surface area contributed by atoms with Crippen LogP contribution in [-0.2, 0) is 0 Å². The molecule has 102 valence electrons. The first-order valence-corrected chi connectivity index (χ1v) is 7.68. The van der Waals surface area contributed by atoms with Gasteiger partial charge in [0.25, 0.3) is 0 Å². The molecule has 0 saturated carbocycles. The minimum Gasteiger partial charge on any atom is -0.480 e. The Morgan fingerprint density at radius 3 is 2.00 bits per heavy atom. The van der Waals surface area contributed by atoms with Crippen molar-refractivity contribution in [2.75, 3.05) is 7.11 Å². The Balaban J connectivity index is 0.000000191. The second-order valence-corrected chi connectivity index (χ2v) is 6.09. The molecule has 0 aliphatic rings. The molecule has 0 spiro atoms. The predicted molar refractivity (Wildman–Crippen MR) is 90.4 cm³/mol. The van der Waals surface area contributed by atoms with E-state index in [4.69, 9.17) is 27.9 Å². The van der Waals surface area contributed by atoms with Crippen LogP contribution in [0.4, 0.5) is 4.39 Å². The molecule has 0 bridgehead atoms. The number of hydrogen-bond donors (Lipinski definition) is 0. The molecule has 0 aromatic carbocycles. The van der Waals surface area contributed by atoms with E-state index in [1.165, 1.54) is 6.20 Å². The monoisotopic (exact) mass is 526 g/mol. The van der Waals surface area contributed by atoms with Crippen molar-refractivity contribution in [1.82, 2.24) is 9.97 Å². The average Bonchev–Trinajstić information content (AvgIpc) is 2.40. The lowest BCUT2D eigenvalue weighted by Crippen LogP contribution is -1.88. The smallest absolute Gasteiger partial charge is 0.233 e. The van der Waals surface area contributed by atoms with Gasteiger partial charge in [-0.25, -0.2) is 9.97 Å². The largest absolute Gasteiger partial charge is 0.480 e. The van der Waals surface area contributed by atoms with Gasteiger partial charge in [-0.1, -0.05) is 23.2 Å². The van der Waals surface area contributed by atoms with Crippen LogP contribution >= 0.6 is 68.4 Å². The van der Waals surface area contributed by atoms with Crippen molar-refractivity contribution >= 4 is 68.4 Å². The molecule has 2 aromatic rings. The molecule has 0 N–H and O–H groups in total. The maximum atomic E-state index is 12.3. The zero-order chi connectivity index (χ0) is 14.4. The molecule has 0 unspecified atom stereocenters. The van der Waals surface area contributed by atoms with Gasteiger partial charge in [-0.15, -0.1) is 0 Å². The summed E-state index contributed by atoms with van der Waals surface area (Å²) in [6, 6.07) is 3.47. The minimum absolute atomic E-state index is 0.0955. The van der Waals surface area contributed by atoms with Crippen LogP contribution in [-0.4, -0.2) is 17.1 Å². The number of hydrogen-bond acceptors (Lipinski definition) is 3. The van der Waals surface area contributed by atoms with Crippen molar-refractivity contribution in [3.63, 3.8) is 0 Å². The third-order valence-corrected chi connectivity index (χ3v) is 4.96. The van der Waals surface area contributed by atoms with Crippen LogP contribution in [0.15, 0.2) is 24.5 Å². The molecule has 19 heavy (non-hydrogen) atoms. The number of methoxy groups -OCH3 is 1. The summed E-state index contributed by atoms with van der Waals surface area (Å²) in [5.74, 6) is -0.128. The molecule has 0 fully saturated rings. The summed E-state index contributed by atoms with van der Waals surface area (Å²) in [5.41, 5.74) is 0. The fraction of sp³-hybridized carbons (Fsp3) is 0.0909. The third-order valence-electron chi connectivity index (χ3n) is 1.80. The molecule has 2 heterocycles. The van der Waals surface area contributed by atoms with Gasteiger partial charge in [-0.2, -0.15) is 4.39 Å². The fourth-order valence-corrected chi connectivity index (χ4v) is 2.02. The van der Waals surface area contributed by atoms with Gasteiger partial charge < -0.3 is 4.74 Å². The Labute approximate surface area is 147 Å². The van der Waals surface area contributed by atoms with E-state index >= 15 is 0 Å². The lowest BCUT2D eigenvalue weighted by Gasteiger charge is -2.00. The SMILES string of the molecule is COc1nccc(I)c1Cl.Fc1nccc(I)c1Cl. The van der Waals surface area contributed by atoms with E-state index in [0.717, 1.165) is 3.57 Å². The zero-order valence-electron chi connectivity index (χ0n) is 9.50. The Bertz CT molecular complexity index is 552. The Morgan fingerprint density at radius 2 is 1.58 bits per heavy atom. The van der Waals surface area contributed by atoms with E-state index in [1.54, 1.807) is 19.4 Å². The van der Waals surface area contributed by atoms with Gasteiger partial charge in [0.1, 0.15) is 10.0 Å². The Kier molecular flexibility index (Phi) is 7.55. The summed E-state index contributed by atoms with van der Waals surface area (Å²) >= 11 is 15.3. The number of nitrogens with zero attached hydrogens (tertiary/aromatic N) is 2. The number of ether oxygens (including phenoxy) is 1. The quantitative estimate of drug-likeness (QED) is 0.394. The second-order valence-electron chi connectivity index (χ2n) is 3.01. The number of pyridine rings is 2. The molecule has 2 rings (SSSR count). The van der Waals surface area contributed by atoms with Crippen LogP contribution in [0.5, 0.6) is 5.88 Å². The van der Waals surface area contributed by atoms with Crippen molar-refractivity contribution in [2.24, 2.45) is 0 Å². The van der Waals surface area contributed by atoms with Gasteiger partial charge in [-0.05, 0) is 57.3 Å². The van der Waals surface area contributed by atoms with Crippen LogP contribution in [0, 0.1) is 13.1 Å². The summed E-state index contributed by atoms with van der Waals surface area (Å²) in [7, 11) is 1.55. The Morgan fingerprint density at radius 1 is 1.05 bits per heavy atom. The molecule has 2 aromatic heterocycles. The minimum atomic E-state index is -0.608. The highest BCUT2D eigenvalue weighted by Gasteiger charge is 2.03. The van der Waals surface area contributed by atoms with Crippen molar-refractivity contribution in [1.29, 1.82) is 0 Å². The van der Waals surface area contributed by atoms with E-state index in [9.17, 15) is 4.39 Å². The molecule has 0 saturated heterocycles. The maximum Gasteiger partial charge on any atom is 0.233 e. The summed E-state index contributed by atoms with van der Waals surface area (Å²) in [6.07, 6.45) is 3.04. The van der Waals surface area contributed by atoms with Gasteiger partial charge in [0, 0.05) is 19.5 Å². The van der Waals surface area contributed by atoms with Crippen LogP contribution < -0.4 is 4.74 Å². The van der Waals surface area contributed by atoms with Crippen molar-refractivity contribution in [3.05, 3.63) is 47.7 Å². The first kappa shape index (κ1) is 17.1. The van der Waals surface area contributed by atoms with E-state index in [-0.39, 0.29) is 5.02 Å². The normalized spacial score (nSPS) is 9.58. The van der Waals surface area contributed by atoms with Crippen molar-refractivity contribution in [2.45, 2.75) is 0 Å². The Hall–Kier alpha value is 0.0700. The molecule has 0 amide bonds. The lowest BCUT2D eigenvalue weighted by atomic mass is 10.5. The van der Waals surface area contributed by atoms with E-state index < -0.39 is 5.95 Å². The highest BCUT2D eigenvalue weighted by Crippen LogP contribution is 2.25. The second kappa shape index (κ2) is 8.38. The fourth-order valence-electron chi connectivity index (χ4n) is 0.941. The number of rotatable bonds is 1. The van der Waals surface area contributed by atoms with E-state index in [0.29, 0.717) is 14.5 Å². The first-order valence-electron chi connectivity index (χ1n) is 4.76. The van der Waals surface area contributed by atoms with Gasteiger partial charge in [0.05, 0.1) is 7.11 Å². The van der Waals surface area contributed by atoms with Crippen molar-refractivity contribution < 1.29 is 9.13 Å². The third kappa shape index (κ3) is 5.16. The highest BCUT2D eigenvalue weighted by atomic mass is 127. The summed E-state index contributed by atoms with van der Waals surface area (Å²) < 4.78 is 18.8. The molecule has 0 radical (unpaired) electrons. The molecule has 0 atom stereocenters. The average molecular weight is 527 g/mol. The van der Waals surface area contributed by atoms with E-state index in [1.807, 2.05) is 28.7 Å². The maximum absolute atomic E-state index is 12.3. The number of aromatic nitrogens is 2. The van der Waals surface area contributed by atoms with Crippen molar-refractivity contribution in [3.8, 4) is 5.88 Å². The van der Waals surface area contributed by atoms with Crippen LogP contribution in [0.25, 0.3) is 0 Å². The van der Waals surface area contributed by atoms with Gasteiger partial charge in [0.2, 0.25) is 11.8 Å². The molecular weight excluding hydrogens is 520 g/mol. The first-order chi connectivity index (χ1) is 8.97. The van der Waals surface area contributed by atoms with Crippen LogP contribution in [0.2, 0.25) is 10.0 Å². The van der Waals surface area contributed by atoms with Crippen LogP contribution in [0.1, 0.15) is 0 Å². The number of halogens is 5. The topological polar surface area (TPSA) is 35.0 Å². The molecule has 8 heteroatoms. The van der Waals surface area contributed by atoms with Crippen LogP contribution in [0.3, 0.4) is 0 Å². The standard InChI is InChI=1S/C6H5ClINO.C5H2ClFIN/c1-10-6-5(7)4(8)2-3-9-6;6-4-3(8)1-2-9-5(4)7/h2-3H,1H3;1-2H. The summed E-state index contributed by atoms with van der Waals surface area (Å²) in [6.45, 7) is 0. The molecular formula is C11H7Cl2FI2N2O. The molecule has 3 nitrogen and oxygen atoms in total. The van der Waals surface area contributed by atoms with E-state index in [2.05, 4.69) is 32.6 Å². The van der Waals surface area contributed by atoms with Gasteiger partial charge in [-0.3, -0.25) is 0 Å². The van der Waals surface area contributed by atoms with Gasteiger partial charge >= 0.3 is 0 Å². The predicted octanol–water partition coefficient (Wildman–Crippen LogP) is 4.83. The van der Waals surface area contributed by atoms with Gasteiger partial charge in [0.15, 0.2) is 0 Å².